The van der Waals surface area contributed by atoms with Crippen LogP contribution in [0.25, 0.3) is 0 Å². The molecule has 0 aliphatic carbocycles. The van der Waals surface area contributed by atoms with Gasteiger partial charge in [0.25, 0.3) is 6.02 Å². The maximum Gasteiger partial charge on any atom is 0.311 e. The SMILES string of the molecule is CC[C@H]1OC(=O)[C@H](C)[C@H]2C[C@@H](OC3O[C@H](C)C[C@H](N(C)C)[C@H]3O)[C@](C)(C[C@@H](C)C(=O)[C@H](C)C3N=C(N)OC31C)OC/C(=N/OCc1ccc(C(N)=O)cc1OC)CO2. The Morgan fingerprint density at radius 3 is 2.48 bits per heavy atom. The van der Waals surface area contributed by atoms with Crippen LogP contribution < -0.4 is 16.2 Å². The number of aliphatic hydroxyl groups is 1. The number of hydrogen-bond acceptors (Lipinski definition) is 16. The zero-order chi connectivity index (χ0) is 42.7. The molecular formula is C41H63N5O12. The van der Waals surface area contributed by atoms with E-state index in [1.54, 1.807) is 32.9 Å². The van der Waals surface area contributed by atoms with Gasteiger partial charge in [0.15, 0.2) is 11.9 Å². The van der Waals surface area contributed by atoms with Gasteiger partial charge in [-0.15, -0.1) is 0 Å². The van der Waals surface area contributed by atoms with Crippen molar-refractivity contribution in [3.63, 3.8) is 0 Å². The third kappa shape index (κ3) is 9.77. The lowest BCUT2D eigenvalue weighted by molar-refractivity contribution is -0.294. The van der Waals surface area contributed by atoms with E-state index >= 15 is 0 Å². The molecule has 17 heteroatoms. The number of amides is 1. The van der Waals surface area contributed by atoms with Crippen molar-refractivity contribution in [2.24, 2.45) is 39.4 Å². The molecule has 0 spiro atoms. The Hall–Kier alpha value is -3.87. The van der Waals surface area contributed by atoms with Crippen LogP contribution in [0.4, 0.5) is 0 Å². The second-order valence-corrected chi connectivity index (χ2v) is 16.8. The third-order valence-electron chi connectivity index (χ3n) is 12.2. The number of fused-ring (bicyclic) bond motifs is 4. The van der Waals surface area contributed by atoms with Crippen molar-refractivity contribution >= 4 is 29.4 Å². The highest BCUT2D eigenvalue weighted by Crippen LogP contribution is 2.41. The van der Waals surface area contributed by atoms with Gasteiger partial charge in [0.05, 0.1) is 50.2 Å². The van der Waals surface area contributed by atoms with Gasteiger partial charge in [0, 0.05) is 35.4 Å². The van der Waals surface area contributed by atoms with Gasteiger partial charge >= 0.3 is 5.97 Å². The smallest absolute Gasteiger partial charge is 0.311 e. The predicted octanol–water partition coefficient (Wildman–Crippen LogP) is 2.72. The molecule has 1 aromatic rings. The summed E-state index contributed by atoms with van der Waals surface area (Å²) in [4.78, 5) is 52.7. The summed E-state index contributed by atoms with van der Waals surface area (Å²) in [6.45, 7) is 12.5. The number of esters is 1. The van der Waals surface area contributed by atoms with Gasteiger partial charge in [0.2, 0.25) is 5.91 Å². The molecule has 4 aliphatic rings. The van der Waals surface area contributed by atoms with E-state index < -0.39 is 77.6 Å². The van der Waals surface area contributed by atoms with Crippen LogP contribution in [0.15, 0.2) is 28.3 Å². The summed E-state index contributed by atoms with van der Waals surface area (Å²) in [5.41, 5.74) is 10.4. The minimum Gasteiger partial charge on any atom is -0.496 e. The highest BCUT2D eigenvalue weighted by molar-refractivity contribution is 5.93. The summed E-state index contributed by atoms with van der Waals surface area (Å²) in [6.07, 6.45) is -3.65. The highest BCUT2D eigenvalue weighted by Gasteiger charge is 2.55. The van der Waals surface area contributed by atoms with Crippen LogP contribution in [0.3, 0.4) is 0 Å². The zero-order valence-corrected chi connectivity index (χ0v) is 35.5. The maximum absolute atomic E-state index is 14.5. The molecule has 4 aliphatic heterocycles. The number of aliphatic imine (C=N–C) groups is 1. The average molecular weight is 818 g/mol. The van der Waals surface area contributed by atoms with Crippen molar-refractivity contribution in [3.8, 4) is 5.75 Å². The van der Waals surface area contributed by atoms with Crippen molar-refractivity contribution < 1.29 is 57.5 Å². The maximum atomic E-state index is 14.5. The lowest BCUT2D eigenvalue weighted by Crippen LogP contribution is -2.58. The van der Waals surface area contributed by atoms with E-state index in [1.165, 1.54) is 13.2 Å². The molecule has 5 rings (SSSR count). The van der Waals surface area contributed by atoms with Crippen molar-refractivity contribution in [1.29, 1.82) is 0 Å². The summed E-state index contributed by atoms with van der Waals surface area (Å²) >= 11 is 0. The van der Waals surface area contributed by atoms with Crippen molar-refractivity contribution in [2.75, 3.05) is 34.4 Å². The highest BCUT2D eigenvalue weighted by atomic mass is 16.7. The number of amidine groups is 1. The minimum atomic E-state index is -1.25. The first-order valence-electron chi connectivity index (χ1n) is 20.1. The molecule has 13 atom stereocenters. The topological polar surface area (TPSA) is 225 Å². The number of ether oxygens (including phenoxy) is 7. The normalized spacial score (nSPS) is 38.4. The van der Waals surface area contributed by atoms with Gasteiger partial charge < -0.3 is 59.5 Å². The van der Waals surface area contributed by atoms with Crippen molar-refractivity contribution in [3.05, 3.63) is 29.3 Å². The van der Waals surface area contributed by atoms with Gasteiger partial charge in [-0.25, -0.2) is 4.99 Å². The Kier molecular flexibility index (Phi) is 14.5. The fraction of sp³-hybridized carbons (Fsp3) is 0.732. The predicted molar refractivity (Wildman–Crippen MR) is 212 cm³/mol. The van der Waals surface area contributed by atoms with E-state index in [0.29, 0.717) is 29.9 Å². The van der Waals surface area contributed by atoms with Gasteiger partial charge in [-0.3, -0.25) is 14.4 Å². The number of primary amides is 1. The molecule has 58 heavy (non-hydrogen) atoms. The van der Waals surface area contributed by atoms with Crippen LogP contribution in [-0.2, 0) is 49.5 Å². The number of benzene rings is 1. The minimum absolute atomic E-state index is 0.0279. The first-order chi connectivity index (χ1) is 27.3. The summed E-state index contributed by atoms with van der Waals surface area (Å²) in [5.74, 6) is -3.03. The number of ketones is 1. The Labute approximate surface area is 341 Å². The third-order valence-corrected chi connectivity index (χ3v) is 12.2. The molecular weight excluding hydrogens is 754 g/mol. The number of cyclic esters (lactones) is 1. The van der Waals surface area contributed by atoms with Crippen LogP contribution in [0.2, 0.25) is 0 Å². The second kappa shape index (κ2) is 18.6. The number of carbonyl (C=O) groups excluding carboxylic acids is 3. The zero-order valence-electron chi connectivity index (χ0n) is 35.5. The van der Waals surface area contributed by atoms with Crippen LogP contribution in [-0.4, -0.2) is 134 Å². The molecule has 1 amide bonds. The van der Waals surface area contributed by atoms with E-state index in [9.17, 15) is 19.5 Å². The van der Waals surface area contributed by atoms with Crippen LogP contribution >= 0.6 is 0 Å². The summed E-state index contributed by atoms with van der Waals surface area (Å²) < 4.78 is 44.1. The lowest BCUT2D eigenvalue weighted by atomic mass is 9.75. The van der Waals surface area contributed by atoms with E-state index in [-0.39, 0.29) is 62.2 Å². The quantitative estimate of drug-likeness (QED) is 0.241. The molecule has 3 fully saturated rings. The van der Waals surface area contributed by atoms with Gasteiger partial charge in [-0.1, -0.05) is 32.0 Å². The number of nitrogens with zero attached hydrogens (tertiary/aromatic N) is 3. The molecule has 0 saturated carbocycles. The monoisotopic (exact) mass is 817 g/mol. The molecule has 324 valence electrons. The standard InChI is InChI=1S/C41H63N5O12/c1-11-31-41(7)35(44-39(43)58-41)24(5)33(47)21(2)17-40(6)32(57-38-34(48)28(46(8)9)14-22(3)55-38)16-29(23(4)37(50)56-31)52-19-27(20-53-40)45-54-18-26-13-12-25(36(42)49)15-30(26)51-10/h12-13,15,21-24,28-29,31-32,34-35,38,48H,11,14,16-20H2,1-10H3,(H2,42,49)(H2,43,44)/b45-27+/t21-,22-,23-,24+,28+,29-,31-,32-,34-,35?,38?,40+,41?/m1/s1. The molecule has 17 nitrogen and oxygen atoms in total. The van der Waals surface area contributed by atoms with Gasteiger partial charge in [-0.05, 0) is 73.2 Å². The molecule has 4 heterocycles. The molecule has 0 radical (unpaired) electrons. The van der Waals surface area contributed by atoms with Crippen molar-refractivity contribution in [1.82, 2.24) is 4.90 Å². The number of nitrogens with two attached hydrogens (primary N) is 2. The molecule has 2 bridgehead atoms. The molecule has 0 aromatic heterocycles. The van der Waals surface area contributed by atoms with Gasteiger partial charge in [0.1, 0.15) is 42.1 Å². The van der Waals surface area contributed by atoms with Crippen LogP contribution in [0.5, 0.6) is 5.75 Å². The number of rotatable bonds is 9. The van der Waals surface area contributed by atoms with E-state index in [0.717, 1.165) is 0 Å². The molecule has 3 unspecified atom stereocenters. The molecule has 5 N–H and O–H groups in total. The number of methoxy groups -OCH3 is 1. The Bertz CT molecular complexity index is 1710. The Morgan fingerprint density at radius 1 is 1.10 bits per heavy atom. The largest absolute Gasteiger partial charge is 0.496 e. The molecule has 1 aromatic carbocycles. The first-order valence-corrected chi connectivity index (χ1v) is 20.1. The van der Waals surface area contributed by atoms with Gasteiger partial charge in [-0.2, -0.15) is 0 Å². The average Bonchev–Trinajstić information content (AvgIpc) is 3.52. The summed E-state index contributed by atoms with van der Waals surface area (Å²) in [6, 6.07) is 3.68. The number of likely N-dealkylation sites (N-methyl/N-ethyl adjacent to an activating group) is 1. The fourth-order valence-corrected chi connectivity index (χ4v) is 8.69. The van der Waals surface area contributed by atoms with Crippen LogP contribution in [0.1, 0.15) is 90.1 Å². The lowest BCUT2D eigenvalue weighted by Gasteiger charge is -2.46. The van der Waals surface area contributed by atoms with E-state index in [2.05, 4.69) is 10.1 Å². The van der Waals surface area contributed by atoms with Crippen LogP contribution in [0, 0.1) is 17.8 Å². The number of Topliss-reactive ketones (excluding diaryl/α,β-unsaturated/α-hetero) is 1. The fourth-order valence-electron chi connectivity index (χ4n) is 8.69. The number of aliphatic hydroxyl groups excluding tert-OH is 1. The molecule has 3 saturated heterocycles. The number of carbonyl (C=O) groups is 3. The first kappa shape index (κ1) is 45.2. The summed E-state index contributed by atoms with van der Waals surface area (Å²) in [7, 11) is 5.25. The van der Waals surface area contributed by atoms with E-state index in [4.69, 9.17) is 49.5 Å². The van der Waals surface area contributed by atoms with Crippen molar-refractivity contribution in [2.45, 2.75) is 141 Å². The second-order valence-electron chi connectivity index (χ2n) is 16.8. The Balaban J connectivity index is 1.55. The Morgan fingerprint density at radius 2 is 1.83 bits per heavy atom. The summed E-state index contributed by atoms with van der Waals surface area (Å²) in [5, 5.41) is 16.0. The van der Waals surface area contributed by atoms with E-state index in [1.807, 2.05) is 46.7 Å². The number of hydrogen-bond donors (Lipinski definition) is 3. The number of oxime groups is 1.